The van der Waals surface area contributed by atoms with E-state index in [1.807, 2.05) is 30.3 Å². The largest absolute Gasteiger partial charge is 0.374 e. The molecule has 3 aromatic heterocycles. The zero-order valence-corrected chi connectivity index (χ0v) is 18.4. The Morgan fingerprint density at radius 1 is 1.03 bits per heavy atom. The zero-order chi connectivity index (χ0) is 22.1. The van der Waals surface area contributed by atoms with Crippen molar-refractivity contribution >= 4 is 39.0 Å². The summed E-state index contributed by atoms with van der Waals surface area (Å²) in [5, 5.41) is 18.6. The fourth-order valence-electron chi connectivity index (χ4n) is 3.73. The van der Waals surface area contributed by atoms with Crippen LogP contribution in [0.4, 0.5) is 10.9 Å². The number of carbonyl (C=O) groups excluding carboxylic acids is 1. The lowest BCUT2D eigenvalue weighted by molar-refractivity contribution is 0.0991. The number of ketones is 1. The van der Waals surface area contributed by atoms with Crippen LogP contribution in [-0.4, -0.2) is 69.3 Å². The van der Waals surface area contributed by atoms with Gasteiger partial charge in [0.2, 0.25) is 5.13 Å². The molecule has 0 unspecified atom stereocenters. The summed E-state index contributed by atoms with van der Waals surface area (Å²) in [7, 11) is 2.11. The summed E-state index contributed by atoms with van der Waals surface area (Å²) < 4.78 is 0. The molecule has 10 heteroatoms. The minimum Gasteiger partial charge on any atom is -0.374 e. The number of nitrogens with two attached hydrogens (primary N) is 1. The molecule has 4 aromatic rings. The van der Waals surface area contributed by atoms with Crippen molar-refractivity contribution in [1.29, 1.82) is 0 Å². The number of hydrogen-bond acceptors (Lipinski definition) is 10. The molecule has 0 amide bonds. The molecule has 4 heterocycles. The number of hydrogen-bond donors (Lipinski definition) is 1. The maximum Gasteiger partial charge on any atom is 0.203 e. The summed E-state index contributed by atoms with van der Waals surface area (Å²) >= 11 is 1.33. The Kier molecular flexibility index (Phi) is 5.46. The van der Waals surface area contributed by atoms with E-state index < -0.39 is 0 Å². The predicted octanol–water partition coefficient (Wildman–Crippen LogP) is 2.30. The van der Waals surface area contributed by atoms with E-state index in [2.05, 4.69) is 42.2 Å². The molecule has 1 saturated heterocycles. The second kappa shape index (κ2) is 8.56. The average Bonchev–Trinajstić information content (AvgIpc) is 3.25. The first-order chi connectivity index (χ1) is 15.5. The summed E-state index contributed by atoms with van der Waals surface area (Å²) in [6.07, 6.45) is 1.87. The molecule has 1 aliphatic heterocycles. The Morgan fingerprint density at radius 3 is 2.66 bits per heavy atom. The average molecular weight is 447 g/mol. The van der Waals surface area contributed by atoms with Crippen LogP contribution in [0.15, 0.2) is 42.6 Å². The van der Waals surface area contributed by atoms with E-state index in [0.717, 1.165) is 53.5 Å². The van der Waals surface area contributed by atoms with E-state index in [1.54, 1.807) is 12.3 Å². The van der Waals surface area contributed by atoms with Crippen molar-refractivity contribution in [2.24, 2.45) is 0 Å². The molecule has 0 spiro atoms. The van der Waals surface area contributed by atoms with Crippen LogP contribution >= 0.6 is 11.3 Å². The first-order valence-electron chi connectivity index (χ1n) is 10.3. The fourth-order valence-corrected chi connectivity index (χ4v) is 4.33. The van der Waals surface area contributed by atoms with Gasteiger partial charge < -0.3 is 15.5 Å². The molecule has 162 valence electrons. The summed E-state index contributed by atoms with van der Waals surface area (Å²) in [6.45, 7) is 3.77. The molecule has 2 N–H and O–H groups in total. The minimum absolute atomic E-state index is 0.00974. The highest BCUT2D eigenvalue weighted by Gasteiger charge is 2.17. The van der Waals surface area contributed by atoms with E-state index in [4.69, 9.17) is 5.73 Å². The quantitative estimate of drug-likeness (QED) is 0.461. The number of nitrogen functional groups attached to an aromatic ring is 1. The SMILES string of the molecule is CN1CCN(c2cc(C(=O)Cc3cc4cc(-c5nnc(N)s5)ccc4nn3)ccn2)CC1. The maximum absolute atomic E-state index is 13.0. The number of carbonyl (C=O) groups is 1. The number of nitrogens with zero attached hydrogens (tertiary/aromatic N) is 7. The molecular weight excluding hydrogens is 424 g/mol. The van der Waals surface area contributed by atoms with Gasteiger partial charge in [-0.2, -0.15) is 10.2 Å². The van der Waals surface area contributed by atoms with Crippen molar-refractivity contribution < 1.29 is 4.79 Å². The van der Waals surface area contributed by atoms with Crippen LogP contribution in [0.5, 0.6) is 0 Å². The van der Waals surface area contributed by atoms with Gasteiger partial charge in [0, 0.05) is 48.9 Å². The fraction of sp³-hybridized carbons (Fsp3) is 0.273. The molecule has 1 fully saturated rings. The second-order valence-electron chi connectivity index (χ2n) is 7.85. The predicted molar refractivity (Wildman–Crippen MR) is 125 cm³/mol. The lowest BCUT2D eigenvalue weighted by Crippen LogP contribution is -2.44. The lowest BCUT2D eigenvalue weighted by Gasteiger charge is -2.33. The summed E-state index contributed by atoms with van der Waals surface area (Å²) in [6, 6.07) is 11.3. The number of aromatic nitrogens is 5. The number of Topliss-reactive ketones (excluding diaryl/α,β-unsaturated/α-hetero) is 1. The van der Waals surface area contributed by atoms with Crippen molar-refractivity contribution in [2.75, 3.05) is 43.9 Å². The highest BCUT2D eigenvalue weighted by atomic mass is 32.1. The third-order valence-electron chi connectivity index (χ3n) is 5.56. The van der Waals surface area contributed by atoms with Gasteiger partial charge in [-0.05, 0) is 43.4 Å². The van der Waals surface area contributed by atoms with E-state index in [9.17, 15) is 4.79 Å². The molecular formula is C22H22N8OS. The van der Waals surface area contributed by atoms with Crippen LogP contribution in [0.2, 0.25) is 0 Å². The van der Waals surface area contributed by atoms with Crippen LogP contribution in [0.1, 0.15) is 16.1 Å². The minimum atomic E-state index is -0.00974. The van der Waals surface area contributed by atoms with Gasteiger partial charge in [-0.15, -0.1) is 10.2 Å². The zero-order valence-electron chi connectivity index (χ0n) is 17.6. The van der Waals surface area contributed by atoms with Crippen molar-refractivity contribution in [3.05, 3.63) is 53.9 Å². The summed E-state index contributed by atoms with van der Waals surface area (Å²) in [5.41, 5.74) is 8.61. The van der Waals surface area contributed by atoms with E-state index in [0.29, 0.717) is 16.4 Å². The Bertz CT molecular complexity index is 1280. The number of rotatable bonds is 5. The molecule has 0 bridgehead atoms. The van der Waals surface area contributed by atoms with Crippen LogP contribution in [0, 0.1) is 0 Å². The van der Waals surface area contributed by atoms with Gasteiger partial charge in [-0.1, -0.05) is 11.3 Å². The van der Waals surface area contributed by atoms with Gasteiger partial charge in [0.15, 0.2) is 5.78 Å². The van der Waals surface area contributed by atoms with Crippen LogP contribution in [0.3, 0.4) is 0 Å². The first kappa shape index (κ1) is 20.4. The van der Waals surface area contributed by atoms with Crippen LogP contribution in [-0.2, 0) is 6.42 Å². The molecule has 32 heavy (non-hydrogen) atoms. The topological polar surface area (TPSA) is 114 Å². The summed E-state index contributed by atoms with van der Waals surface area (Å²) in [4.78, 5) is 21.9. The molecule has 9 nitrogen and oxygen atoms in total. The maximum atomic E-state index is 13.0. The molecule has 1 aromatic carbocycles. The van der Waals surface area contributed by atoms with Gasteiger partial charge >= 0.3 is 0 Å². The molecule has 0 radical (unpaired) electrons. The molecule has 1 aliphatic rings. The van der Waals surface area contributed by atoms with E-state index in [1.165, 1.54) is 11.3 Å². The van der Waals surface area contributed by atoms with Crippen molar-refractivity contribution in [1.82, 2.24) is 30.3 Å². The smallest absolute Gasteiger partial charge is 0.203 e. The van der Waals surface area contributed by atoms with Gasteiger partial charge in [-0.25, -0.2) is 4.98 Å². The highest BCUT2D eigenvalue weighted by molar-refractivity contribution is 7.18. The van der Waals surface area contributed by atoms with Crippen molar-refractivity contribution in [2.45, 2.75) is 6.42 Å². The third kappa shape index (κ3) is 4.27. The van der Waals surface area contributed by atoms with Gasteiger partial charge in [0.05, 0.1) is 17.6 Å². The van der Waals surface area contributed by atoms with Crippen LogP contribution < -0.4 is 10.6 Å². The third-order valence-corrected chi connectivity index (χ3v) is 6.36. The number of pyridine rings is 1. The lowest BCUT2D eigenvalue weighted by atomic mass is 10.1. The Hall–Kier alpha value is -3.50. The molecule has 0 aliphatic carbocycles. The Labute approximate surface area is 188 Å². The van der Waals surface area contributed by atoms with Gasteiger partial charge in [-0.3, -0.25) is 4.79 Å². The number of anilines is 2. The van der Waals surface area contributed by atoms with Gasteiger partial charge in [0.1, 0.15) is 10.8 Å². The molecule has 5 rings (SSSR count). The molecule has 0 saturated carbocycles. The van der Waals surface area contributed by atoms with Crippen LogP contribution in [0.25, 0.3) is 21.5 Å². The Balaban J connectivity index is 1.36. The number of piperazine rings is 1. The number of fused-ring (bicyclic) bond motifs is 1. The van der Waals surface area contributed by atoms with Crippen molar-refractivity contribution in [3.63, 3.8) is 0 Å². The van der Waals surface area contributed by atoms with Gasteiger partial charge in [0.25, 0.3) is 0 Å². The van der Waals surface area contributed by atoms with Crippen molar-refractivity contribution in [3.8, 4) is 10.6 Å². The Morgan fingerprint density at radius 2 is 1.88 bits per heavy atom. The monoisotopic (exact) mass is 446 g/mol. The van der Waals surface area contributed by atoms with E-state index in [-0.39, 0.29) is 12.2 Å². The van der Waals surface area contributed by atoms with E-state index >= 15 is 0 Å². The highest BCUT2D eigenvalue weighted by Crippen LogP contribution is 2.27. The standard InChI is InChI=1S/C22H22N8OS/c1-29-6-8-30(9-7-29)20-12-14(4-5-24-20)19(31)13-17-11-16-10-15(2-3-18(16)26-25-17)21-27-28-22(23)32-21/h2-5,10-12H,6-9,13H2,1H3,(H2,23,28). The normalized spacial score (nSPS) is 14.7. The molecule has 0 atom stereocenters. The number of benzene rings is 1. The first-order valence-corrected chi connectivity index (χ1v) is 11.2. The second-order valence-corrected chi connectivity index (χ2v) is 8.86. The summed E-state index contributed by atoms with van der Waals surface area (Å²) in [5.74, 6) is 0.832. The number of likely N-dealkylation sites (N-methyl/N-ethyl adjacent to an activating group) is 1.